The SMILES string of the molecule is CN=C(NCC[C@H]1CCCC[C@@]1(C(=S)NC)c1cccnc1)NS(C)(=O)=O. The van der Waals surface area contributed by atoms with E-state index in [1.165, 1.54) is 0 Å². The largest absolute Gasteiger partial charge is 0.382 e. The van der Waals surface area contributed by atoms with Crippen molar-refractivity contribution in [1.29, 1.82) is 0 Å². The summed E-state index contributed by atoms with van der Waals surface area (Å²) in [6.07, 6.45) is 9.99. The molecule has 0 radical (unpaired) electrons. The number of likely N-dealkylation sites (N-methyl/N-ethyl adjacent to an activating group) is 1. The number of aliphatic imine (C=N–C) groups is 1. The Kier molecular flexibility index (Phi) is 7.55. The van der Waals surface area contributed by atoms with Crippen LogP contribution >= 0.6 is 12.2 Å². The van der Waals surface area contributed by atoms with E-state index in [0.29, 0.717) is 12.5 Å². The van der Waals surface area contributed by atoms with Crippen LogP contribution in [0.15, 0.2) is 29.5 Å². The lowest BCUT2D eigenvalue weighted by atomic mass is 9.61. The van der Waals surface area contributed by atoms with Gasteiger partial charge in [-0.2, -0.15) is 0 Å². The van der Waals surface area contributed by atoms with E-state index in [1.54, 1.807) is 13.2 Å². The number of sulfonamides is 1. The fourth-order valence-corrected chi connectivity index (χ4v) is 4.90. The molecule has 0 bridgehead atoms. The van der Waals surface area contributed by atoms with Gasteiger partial charge < -0.3 is 10.6 Å². The predicted octanol–water partition coefficient (Wildman–Crippen LogP) is 1.57. The number of aromatic nitrogens is 1. The Morgan fingerprint density at radius 1 is 1.44 bits per heavy atom. The predicted molar refractivity (Wildman–Crippen MR) is 113 cm³/mol. The lowest BCUT2D eigenvalue weighted by Crippen LogP contribution is -2.50. The van der Waals surface area contributed by atoms with E-state index in [0.717, 1.165) is 48.9 Å². The molecule has 1 aliphatic rings. The number of rotatable bonds is 6. The van der Waals surface area contributed by atoms with Gasteiger partial charge in [-0.25, -0.2) is 8.42 Å². The molecule has 3 N–H and O–H groups in total. The molecular formula is C18H29N5O2S2. The Balaban J connectivity index is 2.18. The van der Waals surface area contributed by atoms with Gasteiger partial charge in [0.1, 0.15) is 0 Å². The van der Waals surface area contributed by atoms with Crippen molar-refractivity contribution < 1.29 is 8.42 Å². The number of hydrogen-bond donors (Lipinski definition) is 3. The fourth-order valence-electron chi connectivity index (χ4n) is 4.00. The molecule has 0 unspecified atom stereocenters. The van der Waals surface area contributed by atoms with Gasteiger partial charge in [0.15, 0.2) is 0 Å². The van der Waals surface area contributed by atoms with Crippen LogP contribution in [0.1, 0.15) is 37.7 Å². The molecule has 0 aliphatic heterocycles. The Labute approximate surface area is 167 Å². The minimum Gasteiger partial charge on any atom is -0.382 e. The first-order valence-corrected chi connectivity index (χ1v) is 11.4. The highest BCUT2D eigenvalue weighted by Crippen LogP contribution is 2.45. The van der Waals surface area contributed by atoms with Gasteiger partial charge in [0.05, 0.1) is 11.2 Å². The molecule has 1 aliphatic carbocycles. The number of thiocarbonyl (C=S) groups is 1. The van der Waals surface area contributed by atoms with E-state index < -0.39 is 10.0 Å². The lowest BCUT2D eigenvalue weighted by Gasteiger charge is -2.45. The first-order chi connectivity index (χ1) is 12.8. The number of guanidine groups is 1. The smallest absolute Gasteiger partial charge is 0.232 e. The van der Waals surface area contributed by atoms with Gasteiger partial charge in [-0.3, -0.25) is 14.7 Å². The van der Waals surface area contributed by atoms with Gasteiger partial charge in [0.2, 0.25) is 16.0 Å². The summed E-state index contributed by atoms with van der Waals surface area (Å²) in [7, 11) is 0.0737. The zero-order chi connectivity index (χ0) is 19.9. The fraction of sp³-hybridized carbons (Fsp3) is 0.611. The van der Waals surface area contributed by atoms with Gasteiger partial charge in [0.25, 0.3) is 0 Å². The first-order valence-electron chi connectivity index (χ1n) is 9.14. The van der Waals surface area contributed by atoms with Crippen molar-refractivity contribution in [2.45, 2.75) is 37.5 Å². The maximum atomic E-state index is 11.4. The monoisotopic (exact) mass is 411 g/mol. The van der Waals surface area contributed by atoms with Gasteiger partial charge in [0, 0.05) is 38.4 Å². The van der Waals surface area contributed by atoms with Crippen molar-refractivity contribution in [3.8, 4) is 0 Å². The van der Waals surface area contributed by atoms with Crippen LogP contribution in [0.2, 0.25) is 0 Å². The number of pyridine rings is 1. The molecule has 7 nitrogen and oxygen atoms in total. The third kappa shape index (κ3) is 5.38. The zero-order valence-electron chi connectivity index (χ0n) is 16.2. The van der Waals surface area contributed by atoms with Gasteiger partial charge >= 0.3 is 0 Å². The summed E-state index contributed by atoms with van der Waals surface area (Å²) < 4.78 is 25.2. The van der Waals surface area contributed by atoms with Gasteiger partial charge in [-0.05, 0) is 36.8 Å². The molecule has 0 amide bonds. The Bertz CT molecular complexity index is 767. The Morgan fingerprint density at radius 2 is 2.22 bits per heavy atom. The van der Waals surface area contributed by atoms with Crippen LogP contribution in [0.5, 0.6) is 0 Å². The summed E-state index contributed by atoms with van der Waals surface area (Å²) in [4.78, 5) is 9.13. The second-order valence-corrected chi connectivity index (χ2v) is 9.05. The molecule has 1 aromatic rings. The molecule has 27 heavy (non-hydrogen) atoms. The number of hydrogen-bond acceptors (Lipinski definition) is 5. The number of nitrogens with zero attached hydrogens (tertiary/aromatic N) is 2. The molecule has 1 saturated carbocycles. The summed E-state index contributed by atoms with van der Waals surface area (Å²) in [5.41, 5.74) is 0.902. The lowest BCUT2D eigenvalue weighted by molar-refractivity contribution is 0.238. The molecule has 0 spiro atoms. The highest BCUT2D eigenvalue weighted by molar-refractivity contribution is 7.89. The molecule has 1 heterocycles. The van der Waals surface area contributed by atoms with Crippen molar-refractivity contribution >= 4 is 33.2 Å². The topological polar surface area (TPSA) is 95.5 Å². The van der Waals surface area contributed by atoms with Crippen LogP contribution in [0.4, 0.5) is 0 Å². The maximum absolute atomic E-state index is 11.4. The van der Waals surface area contributed by atoms with E-state index in [2.05, 4.69) is 31.4 Å². The van der Waals surface area contributed by atoms with Crippen molar-refractivity contribution in [2.75, 3.05) is 26.9 Å². The molecule has 0 saturated heterocycles. The summed E-state index contributed by atoms with van der Waals surface area (Å²) in [5, 5.41) is 6.31. The molecule has 9 heteroatoms. The standard InChI is InChI=1S/C18H29N5O2S2/c1-19-16(26)18(15-8-6-11-21-13-15)10-5-4-7-14(18)9-12-22-17(20-2)23-27(3,24)25/h6,8,11,13-14H,4-5,7,9-10,12H2,1-3H3,(H,19,26)(H2,20,22,23)/t14-,18+/m1/s1. The van der Waals surface area contributed by atoms with Crippen LogP contribution in [-0.4, -0.2) is 51.2 Å². The Morgan fingerprint density at radius 3 is 2.81 bits per heavy atom. The van der Waals surface area contributed by atoms with Crippen molar-refractivity contribution in [3.63, 3.8) is 0 Å². The summed E-state index contributed by atoms with van der Waals surface area (Å²) >= 11 is 5.77. The number of nitrogens with one attached hydrogen (secondary N) is 3. The second kappa shape index (κ2) is 9.45. The molecule has 0 aromatic carbocycles. The average molecular weight is 412 g/mol. The third-order valence-corrected chi connectivity index (χ3v) is 6.30. The minimum atomic E-state index is -3.36. The van der Waals surface area contributed by atoms with E-state index in [4.69, 9.17) is 12.2 Å². The van der Waals surface area contributed by atoms with Gasteiger partial charge in [-0.15, -0.1) is 0 Å². The third-order valence-electron chi connectivity index (χ3n) is 5.17. The zero-order valence-corrected chi connectivity index (χ0v) is 17.8. The van der Waals surface area contributed by atoms with E-state index >= 15 is 0 Å². The Hall–Kier alpha value is -1.74. The highest BCUT2D eigenvalue weighted by atomic mass is 32.2. The second-order valence-electron chi connectivity index (χ2n) is 6.90. The molecular weight excluding hydrogens is 382 g/mol. The molecule has 2 rings (SSSR count). The van der Waals surface area contributed by atoms with Crippen LogP contribution in [0.25, 0.3) is 0 Å². The normalized spacial score (nSPS) is 23.5. The van der Waals surface area contributed by atoms with Crippen molar-refractivity contribution in [2.24, 2.45) is 10.9 Å². The van der Waals surface area contributed by atoms with Crippen molar-refractivity contribution in [1.82, 2.24) is 20.3 Å². The molecule has 150 valence electrons. The minimum absolute atomic E-state index is 0.244. The van der Waals surface area contributed by atoms with Crippen molar-refractivity contribution in [3.05, 3.63) is 30.1 Å². The van der Waals surface area contributed by atoms with E-state index in [-0.39, 0.29) is 11.4 Å². The molecule has 1 fully saturated rings. The summed E-state index contributed by atoms with van der Waals surface area (Å²) in [6, 6.07) is 4.06. The molecule has 1 aromatic heterocycles. The summed E-state index contributed by atoms with van der Waals surface area (Å²) in [5.74, 6) is 0.593. The maximum Gasteiger partial charge on any atom is 0.232 e. The summed E-state index contributed by atoms with van der Waals surface area (Å²) in [6.45, 7) is 0.605. The van der Waals surface area contributed by atoms with Crippen LogP contribution in [-0.2, 0) is 15.4 Å². The first kappa shape index (κ1) is 21.6. The van der Waals surface area contributed by atoms with Crippen LogP contribution in [0.3, 0.4) is 0 Å². The van der Waals surface area contributed by atoms with Gasteiger partial charge in [-0.1, -0.05) is 31.1 Å². The molecule has 2 atom stereocenters. The van der Waals surface area contributed by atoms with Crippen LogP contribution < -0.4 is 15.4 Å². The van der Waals surface area contributed by atoms with E-state index in [1.807, 2.05) is 19.3 Å². The highest BCUT2D eigenvalue weighted by Gasteiger charge is 2.45. The average Bonchev–Trinajstić information content (AvgIpc) is 2.66. The van der Waals surface area contributed by atoms with Crippen LogP contribution in [0, 0.1) is 5.92 Å². The quantitative estimate of drug-likeness (QED) is 0.374. The van der Waals surface area contributed by atoms with E-state index in [9.17, 15) is 8.42 Å².